The molecule has 24 heavy (non-hydrogen) atoms. The number of nitrogens with one attached hydrogen (secondary N) is 1. The van der Waals surface area contributed by atoms with Crippen LogP contribution in [0.25, 0.3) is 0 Å². The number of nitrogens with zero attached hydrogens (tertiary/aromatic N) is 2. The summed E-state index contributed by atoms with van der Waals surface area (Å²) in [5.74, 6) is -0.705. The average Bonchev–Trinajstić information content (AvgIpc) is 2.57. The molecule has 138 valence electrons. The van der Waals surface area contributed by atoms with E-state index in [0.29, 0.717) is 18.1 Å². The van der Waals surface area contributed by atoms with Crippen LogP contribution in [-0.4, -0.2) is 71.2 Å². The topological polar surface area (TPSA) is 55.8 Å². The molecular formula is C19H35N3O2. The Morgan fingerprint density at radius 2 is 1.75 bits per heavy atom. The standard InChI is InChI=1S/C19H35N3O2/c1-2-21(14-19(23)24)18-12-16(13-18)20-15-8-10-22(11-9-15)17-6-4-3-5-7-17/h15-18,20H,2-14H2,1H3,(H,23,24). The molecule has 3 rings (SSSR count). The number of hydrogen-bond donors (Lipinski definition) is 2. The Labute approximate surface area is 146 Å². The molecular weight excluding hydrogens is 302 g/mol. The lowest BCUT2D eigenvalue weighted by molar-refractivity contribution is -0.139. The molecule has 0 aromatic rings. The van der Waals surface area contributed by atoms with Crippen LogP contribution in [-0.2, 0) is 4.79 Å². The van der Waals surface area contributed by atoms with E-state index < -0.39 is 5.97 Å². The molecule has 2 saturated carbocycles. The Morgan fingerprint density at radius 3 is 2.33 bits per heavy atom. The highest BCUT2D eigenvalue weighted by molar-refractivity contribution is 5.69. The molecule has 3 aliphatic rings. The maximum absolute atomic E-state index is 10.9. The fraction of sp³-hybridized carbons (Fsp3) is 0.947. The van der Waals surface area contributed by atoms with Crippen molar-refractivity contribution in [3.8, 4) is 0 Å². The Bertz CT molecular complexity index is 397. The zero-order valence-corrected chi connectivity index (χ0v) is 15.3. The first-order chi connectivity index (χ1) is 11.7. The van der Waals surface area contributed by atoms with E-state index in [2.05, 4.69) is 22.0 Å². The van der Waals surface area contributed by atoms with Gasteiger partial charge in [0.15, 0.2) is 0 Å². The van der Waals surface area contributed by atoms with Crippen molar-refractivity contribution < 1.29 is 9.90 Å². The number of aliphatic carboxylic acids is 1. The van der Waals surface area contributed by atoms with Gasteiger partial charge in [0.05, 0.1) is 6.54 Å². The van der Waals surface area contributed by atoms with Crippen LogP contribution in [0.4, 0.5) is 0 Å². The molecule has 0 aromatic carbocycles. The average molecular weight is 338 g/mol. The first-order valence-electron chi connectivity index (χ1n) is 10.1. The lowest BCUT2D eigenvalue weighted by Gasteiger charge is -2.45. The Kier molecular flexibility index (Phi) is 6.53. The molecule has 0 aromatic heterocycles. The van der Waals surface area contributed by atoms with Gasteiger partial charge in [-0.15, -0.1) is 0 Å². The van der Waals surface area contributed by atoms with Gasteiger partial charge in [-0.3, -0.25) is 9.69 Å². The molecule has 3 fully saturated rings. The smallest absolute Gasteiger partial charge is 0.317 e. The summed E-state index contributed by atoms with van der Waals surface area (Å²) < 4.78 is 0. The minimum absolute atomic E-state index is 0.188. The number of hydrogen-bond acceptors (Lipinski definition) is 4. The molecule has 2 aliphatic carbocycles. The summed E-state index contributed by atoms with van der Waals surface area (Å²) in [6.07, 6.45) is 11.9. The van der Waals surface area contributed by atoms with Gasteiger partial charge in [0.1, 0.15) is 0 Å². The van der Waals surface area contributed by atoms with Crippen molar-refractivity contribution in [2.24, 2.45) is 0 Å². The lowest BCUT2D eigenvalue weighted by Crippen LogP contribution is -2.57. The van der Waals surface area contributed by atoms with Gasteiger partial charge in [-0.05, 0) is 58.2 Å². The fourth-order valence-electron chi connectivity index (χ4n) is 4.91. The van der Waals surface area contributed by atoms with Gasteiger partial charge in [-0.1, -0.05) is 26.2 Å². The van der Waals surface area contributed by atoms with Crippen molar-refractivity contribution in [3.05, 3.63) is 0 Å². The molecule has 0 unspecified atom stereocenters. The zero-order chi connectivity index (χ0) is 16.9. The van der Waals surface area contributed by atoms with Gasteiger partial charge in [0.2, 0.25) is 0 Å². The van der Waals surface area contributed by atoms with Crippen LogP contribution in [0, 0.1) is 0 Å². The minimum Gasteiger partial charge on any atom is -0.480 e. The summed E-state index contributed by atoms with van der Waals surface area (Å²) in [7, 11) is 0. The fourth-order valence-corrected chi connectivity index (χ4v) is 4.91. The van der Waals surface area contributed by atoms with E-state index in [0.717, 1.165) is 25.4 Å². The molecule has 1 saturated heterocycles. The maximum Gasteiger partial charge on any atom is 0.317 e. The summed E-state index contributed by atoms with van der Waals surface area (Å²) in [5.41, 5.74) is 0. The summed E-state index contributed by atoms with van der Waals surface area (Å²) in [6.45, 7) is 5.61. The third kappa shape index (κ3) is 4.70. The second-order valence-corrected chi connectivity index (χ2v) is 8.05. The van der Waals surface area contributed by atoms with E-state index in [9.17, 15) is 4.79 Å². The molecule has 0 atom stereocenters. The van der Waals surface area contributed by atoms with Gasteiger partial charge in [0.25, 0.3) is 0 Å². The Morgan fingerprint density at radius 1 is 1.08 bits per heavy atom. The molecule has 2 N–H and O–H groups in total. The van der Waals surface area contributed by atoms with E-state index >= 15 is 0 Å². The summed E-state index contributed by atoms with van der Waals surface area (Å²) >= 11 is 0. The van der Waals surface area contributed by atoms with Crippen LogP contribution in [0.2, 0.25) is 0 Å². The Balaban J connectivity index is 1.33. The molecule has 0 bridgehead atoms. The highest BCUT2D eigenvalue weighted by atomic mass is 16.4. The quantitative estimate of drug-likeness (QED) is 0.747. The number of rotatable bonds is 7. The van der Waals surface area contributed by atoms with Gasteiger partial charge in [-0.2, -0.15) is 0 Å². The van der Waals surface area contributed by atoms with E-state index in [1.54, 1.807) is 0 Å². The van der Waals surface area contributed by atoms with E-state index in [4.69, 9.17) is 5.11 Å². The van der Waals surface area contributed by atoms with Gasteiger partial charge >= 0.3 is 5.97 Å². The van der Waals surface area contributed by atoms with Crippen molar-refractivity contribution in [3.63, 3.8) is 0 Å². The van der Waals surface area contributed by atoms with E-state index in [1.165, 1.54) is 58.0 Å². The van der Waals surface area contributed by atoms with Gasteiger partial charge in [0, 0.05) is 24.2 Å². The Hall–Kier alpha value is -0.650. The van der Waals surface area contributed by atoms with Crippen molar-refractivity contribution in [2.75, 3.05) is 26.2 Å². The van der Waals surface area contributed by atoms with Gasteiger partial charge < -0.3 is 15.3 Å². The summed E-state index contributed by atoms with van der Waals surface area (Å²) in [6, 6.07) is 2.60. The molecule has 0 amide bonds. The normalized spacial score (nSPS) is 30.4. The summed E-state index contributed by atoms with van der Waals surface area (Å²) in [4.78, 5) is 15.8. The molecule has 0 spiro atoms. The number of piperidine rings is 1. The van der Waals surface area contributed by atoms with Crippen molar-refractivity contribution in [1.29, 1.82) is 0 Å². The number of carboxylic acids is 1. The van der Waals surface area contributed by atoms with Crippen LogP contribution in [0.5, 0.6) is 0 Å². The second kappa shape index (κ2) is 8.63. The molecule has 1 heterocycles. The molecule has 1 aliphatic heterocycles. The van der Waals surface area contributed by atoms with Crippen LogP contribution < -0.4 is 5.32 Å². The summed E-state index contributed by atoms with van der Waals surface area (Å²) in [5, 5.41) is 12.8. The van der Waals surface area contributed by atoms with Crippen molar-refractivity contribution in [2.45, 2.75) is 88.9 Å². The third-order valence-electron chi connectivity index (χ3n) is 6.47. The first kappa shape index (κ1) is 18.2. The van der Waals surface area contributed by atoms with Crippen LogP contribution in [0.1, 0.15) is 64.7 Å². The third-order valence-corrected chi connectivity index (χ3v) is 6.47. The monoisotopic (exact) mass is 337 g/mol. The number of carbonyl (C=O) groups is 1. The highest BCUT2D eigenvalue weighted by Gasteiger charge is 2.35. The van der Waals surface area contributed by atoms with Gasteiger partial charge in [-0.25, -0.2) is 0 Å². The second-order valence-electron chi connectivity index (χ2n) is 8.05. The van der Waals surface area contributed by atoms with Crippen LogP contribution in [0.3, 0.4) is 0 Å². The number of carboxylic acid groups (broad SMARTS) is 1. The highest BCUT2D eigenvalue weighted by Crippen LogP contribution is 2.29. The SMILES string of the molecule is CCN(CC(=O)O)C1CC(NC2CCN(C3CCCCC3)CC2)C1. The zero-order valence-electron chi connectivity index (χ0n) is 15.3. The van der Waals surface area contributed by atoms with E-state index in [-0.39, 0.29) is 6.54 Å². The number of likely N-dealkylation sites (tertiary alicyclic amines) is 1. The largest absolute Gasteiger partial charge is 0.480 e. The van der Waals surface area contributed by atoms with Crippen molar-refractivity contribution >= 4 is 5.97 Å². The molecule has 5 heteroatoms. The lowest BCUT2D eigenvalue weighted by atomic mass is 9.84. The number of likely N-dealkylation sites (N-methyl/N-ethyl adjacent to an activating group) is 1. The van der Waals surface area contributed by atoms with Crippen LogP contribution >= 0.6 is 0 Å². The van der Waals surface area contributed by atoms with Crippen molar-refractivity contribution in [1.82, 2.24) is 15.1 Å². The predicted octanol–water partition coefficient (Wildman–Crippen LogP) is 2.31. The van der Waals surface area contributed by atoms with Crippen LogP contribution in [0.15, 0.2) is 0 Å². The predicted molar refractivity (Wildman–Crippen MR) is 96.3 cm³/mol. The van der Waals surface area contributed by atoms with E-state index in [1.807, 2.05) is 0 Å². The molecule has 0 radical (unpaired) electrons. The maximum atomic E-state index is 10.9. The first-order valence-corrected chi connectivity index (χ1v) is 10.1. The minimum atomic E-state index is -0.705. The molecule has 5 nitrogen and oxygen atoms in total.